The Hall–Kier alpha value is -1.43. The number of epoxide rings is 1. The second-order valence-electron chi connectivity index (χ2n) is 19.8. The standard InChI is InChI=1S/C52H98O10Si3/c1-19-45(61-64(24-6,25-7)26-8)41(14)50-46(57-50)38-51(17,62-65(27-9,28-10)29-11)35-30-31-39(12)49-40(13)32-33-47(56-42(15)53)52(18,59-43(16)55-20-2)36-34-44(37-48(54)58-49)60-63(21-3,22-4)23-5/h30-33,35,40-41,43-47,49-50H,19-29,34,36-38H2,1-18H3/b33-32-,35-30+,39-31+. The van der Waals surface area contributed by atoms with Crippen LogP contribution in [-0.4, -0.2) is 97.6 Å². The van der Waals surface area contributed by atoms with Crippen LogP contribution in [0.5, 0.6) is 0 Å². The molecule has 0 aromatic heterocycles. The summed E-state index contributed by atoms with van der Waals surface area (Å²) in [7, 11) is -5.95. The summed E-state index contributed by atoms with van der Waals surface area (Å²) < 4.78 is 53.0. The second kappa shape index (κ2) is 27.7. The fraction of sp³-hybridized carbons (Fsp3) is 0.846. The number of carbonyl (C=O) groups excluding carboxylic acids is 2. The fourth-order valence-electron chi connectivity index (χ4n) is 10.2. The number of hydrogen-bond donors (Lipinski definition) is 0. The average molecular weight is 968 g/mol. The number of cyclic esters (lactones) is 1. The van der Waals surface area contributed by atoms with Gasteiger partial charge in [0.15, 0.2) is 31.2 Å². The molecule has 0 bridgehead atoms. The molecule has 2 rings (SSSR count). The highest BCUT2D eigenvalue weighted by Crippen LogP contribution is 2.43. The zero-order valence-electron chi connectivity index (χ0n) is 44.8. The van der Waals surface area contributed by atoms with E-state index in [9.17, 15) is 9.59 Å². The van der Waals surface area contributed by atoms with Gasteiger partial charge in [-0.15, -0.1) is 0 Å². The molecular formula is C52H98O10Si3. The van der Waals surface area contributed by atoms with Gasteiger partial charge in [-0.3, -0.25) is 9.59 Å². The normalized spacial score (nSPS) is 28.1. The monoisotopic (exact) mass is 967 g/mol. The first-order chi connectivity index (χ1) is 30.6. The van der Waals surface area contributed by atoms with Crippen molar-refractivity contribution in [1.29, 1.82) is 0 Å². The Morgan fingerprint density at radius 2 is 1.45 bits per heavy atom. The number of allylic oxidation sites excluding steroid dienone is 2. The third-order valence-electron chi connectivity index (χ3n) is 15.5. The first kappa shape index (κ1) is 59.7. The van der Waals surface area contributed by atoms with Crippen LogP contribution in [-0.2, 0) is 46.6 Å². The fourth-order valence-corrected chi connectivity index (χ4v) is 19.2. The largest absolute Gasteiger partial charge is 0.457 e. The van der Waals surface area contributed by atoms with Crippen LogP contribution in [0.1, 0.15) is 157 Å². The summed E-state index contributed by atoms with van der Waals surface area (Å²) in [6.07, 6.45) is 11.3. The first-order valence-electron chi connectivity index (χ1n) is 26.1. The number of esters is 2. The smallest absolute Gasteiger partial charge is 0.308 e. The predicted octanol–water partition coefficient (Wildman–Crippen LogP) is 13.6. The van der Waals surface area contributed by atoms with Crippen LogP contribution in [0.2, 0.25) is 54.4 Å². The van der Waals surface area contributed by atoms with Gasteiger partial charge in [0.05, 0.1) is 30.3 Å². The molecule has 65 heavy (non-hydrogen) atoms. The van der Waals surface area contributed by atoms with Gasteiger partial charge in [-0.1, -0.05) is 107 Å². The maximum absolute atomic E-state index is 14.1. The molecule has 13 heteroatoms. The zero-order valence-corrected chi connectivity index (χ0v) is 47.8. The van der Waals surface area contributed by atoms with Gasteiger partial charge >= 0.3 is 11.9 Å². The summed E-state index contributed by atoms with van der Waals surface area (Å²) in [6, 6.07) is 9.40. The minimum atomic E-state index is -2.13. The van der Waals surface area contributed by atoms with Crippen molar-refractivity contribution in [2.45, 2.75) is 265 Å². The summed E-state index contributed by atoms with van der Waals surface area (Å²) in [4.78, 5) is 26.8. The molecule has 378 valence electrons. The molecule has 11 unspecified atom stereocenters. The van der Waals surface area contributed by atoms with E-state index in [1.807, 2.05) is 46.8 Å². The molecule has 0 N–H and O–H groups in total. The van der Waals surface area contributed by atoms with Gasteiger partial charge in [-0.2, -0.15) is 0 Å². The molecule has 2 aliphatic rings. The molecule has 0 aromatic rings. The molecule has 0 spiro atoms. The van der Waals surface area contributed by atoms with Gasteiger partial charge in [0.25, 0.3) is 0 Å². The van der Waals surface area contributed by atoms with Crippen LogP contribution in [0.25, 0.3) is 0 Å². The second-order valence-corrected chi connectivity index (χ2v) is 33.9. The van der Waals surface area contributed by atoms with Crippen LogP contribution < -0.4 is 0 Å². The van der Waals surface area contributed by atoms with Gasteiger partial charge in [0.1, 0.15) is 17.8 Å². The Morgan fingerprint density at radius 3 is 1.95 bits per heavy atom. The molecule has 0 saturated carbocycles. The Bertz CT molecular complexity index is 1480. The molecule has 1 saturated heterocycles. The zero-order chi connectivity index (χ0) is 49.2. The van der Waals surface area contributed by atoms with Crippen molar-refractivity contribution in [1.82, 2.24) is 0 Å². The van der Waals surface area contributed by atoms with E-state index in [-0.39, 0.29) is 42.7 Å². The van der Waals surface area contributed by atoms with E-state index in [2.05, 4.69) is 101 Å². The number of carbonyl (C=O) groups is 2. The van der Waals surface area contributed by atoms with Crippen molar-refractivity contribution in [3.8, 4) is 0 Å². The number of hydrogen-bond acceptors (Lipinski definition) is 10. The van der Waals surface area contributed by atoms with E-state index < -0.39 is 60.6 Å². The van der Waals surface area contributed by atoms with Crippen molar-refractivity contribution < 1.29 is 46.6 Å². The van der Waals surface area contributed by atoms with Gasteiger partial charge in [0, 0.05) is 37.9 Å². The predicted molar refractivity (Wildman–Crippen MR) is 275 cm³/mol. The summed E-state index contributed by atoms with van der Waals surface area (Å²) in [5.74, 6) is -0.667. The first-order valence-corrected chi connectivity index (χ1v) is 33.6. The molecule has 2 aliphatic heterocycles. The van der Waals surface area contributed by atoms with Crippen molar-refractivity contribution >= 4 is 36.9 Å². The lowest BCUT2D eigenvalue weighted by molar-refractivity contribution is -0.227. The summed E-state index contributed by atoms with van der Waals surface area (Å²) in [5.41, 5.74) is -0.625. The van der Waals surface area contributed by atoms with Gasteiger partial charge < -0.3 is 37.0 Å². The summed E-state index contributed by atoms with van der Waals surface area (Å²) in [6.45, 7) is 38.8. The molecular weight excluding hydrogens is 869 g/mol. The highest BCUT2D eigenvalue weighted by Gasteiger charge is 2.51. The maximum Gasteiger partial charge on any atom is 0.308 e. The van der Waals surface area contributed by atoms with E-state index >= 15 is 0 Å². The molecule has 0 radical (unpaired) electrons. The lowest BCUT2D eigenvalue weighted by Gasteiger charge is -2.40. The maximum atomic E-state index is 14.1. The third-order valence-corrected chi connectivity index (χ3v) is 29.6. The molecule has 0 aromatic carbocycles. The van der Waals surface area contributed by atoms with E-state index in [0.717, 1.165) is 72.8 Å². The minimum absolute atomic E-state index is 0.0828. The molecule has 0 aliphatic carbocycles. The van der Waals surface area contributed by atoms with Crippen LogP contribution >= 0.6 is 0 Å². The van der Waals surface area contributed by atoms with Gasteiger partial charge in [-0.25, -0.2) is 0 Å². The SMILES string of the molecule is CCOC(C)OC1(C)CCC(O[Si](CC)(CC)CC)CC(=O)OC(/C(C)=C/C=C/C(C)(CC2OC2C(C)C(CC)O[Si](CC)(CC)CC)O[Si](CC)(CC)CC)C(C)/C=C\C1OC(C)=O. The number of rotatable bonds is 28. The van der Waals surface area contributed by atoms with Gasteiger partial charge in [-0.05, 0) is 120 Å². The lowest BCUT2D eigenvalue weighted by atomic mass is 9.88. The van der Waals surface area contributed by atoms with Gasteiger partial charge in [0.2, 0.25) is 0 Å². The third kappa shape index (κ3) is 17.5. The van der Waals surface area contributed by atoms with Crippen molar-refractivity contribution in [3.05, 3.63) is 36.0 Å². The van der Waals surface area contributed by atoms with Crippen LogP contribution in [0, 0.1) is 11.8 Å². The van der Waals surface area contributed by atoms with Crippen LogP contribution in [0.15, 0.2) is 36.0 Å². The van der Waals surface area contributed by atoms with Crippen molar-refractivity contribution in [3.63, 3.8) is 0 Å². The summed E-state index contributed by atoms with van der Waals surface area (Å²) in [5, 5.41) is 0. The molecule has 11 atom stereocenters. The van der Waals surface area contributed by atoms with E-state index in [4.69, 9.17) is 37.0 Å². The van der Waals surface area contributed by atoms with E-state index in [1.165, 1.54) is 6.92 Å². The van der Waals surface area contributed by atoms with E-state index in [0.29, 0.717) is 25.4 Å². The lowest BCUT2D eigenvalue weighted by Crippen LogP contribution is -2.48. The Labute approximate surface area is 401 Å². The van der Waals surface area contributed by atoms with Crippen LogP contribution in [0.4, 0.5) is 0 Å². The average Bonchev–Trinajstić information content (AvgIpc) is 4.05. The Morgan fingerprint density at radius 1 is 0.877 bits per heavy atom. The van der Waals surface area contributed by atoms with Crippen molar-refractivity contribution in [2.24, 2.45) is 11.8 Å². The number of ether oxygens (including phenoxy) is 5. The Kier molecular flexibility index (Phi) is 25.4. The minimum Gasteiger partial charge on any atom is -0.457 e. The highest BCUT2D eigenvalue weighted by atomic mass is 28.4. The molecule has 10 nitrogen and oxygen atoms in total. The van der Waals surface area contributed by atoms with E-state index in [1.54, 1.807) is 0 Å². The molecule has 2 heterocycles. The quantitative estimate of drug-likeness (QED) is 0.0188. The Balaban J connectivity index is 2.62. The highest BCUT2D eigenvalue weighted by molar-refractivity contribution is 6.74. The molecule has 1 fully saturated rings. The molecule has 0 amide bonds. The summed E-state index contributed by atoms with van der Waals surface area (Å²) >= 11 is 0. The van der Waals surface area contributed by atoms with Crippen molar-refractivity contribution in [2.75, 3.05) is 6.61 Å². The topological polar surface area (TPSA) is 111 Å². The van der Waals surface area contributed by atoms with Crippen LogP contribution in [0.3, 0.4) is 0 Å².